The zero-order valence-corrected chi connectivity index (χ0v) is 11.9. The Bertz CT molecular complexity index is 576. The highest BCUT2D eigenvalue weighted by Gasteiger charge is 2.30. The van der Waals surface area contributed by atoms with Crippen LogP contribution < -0.4 is 0 Å². The minimum atomic E-state index is -0.844. The van der Waals surface area contributed by atoms with Gasteiger partial charge in [0.05, 0.1) is 0 Å². The van der Waals surface area contributed by atoms with Gasteiger partial charge in [-0.2, -0.15) is 0 Å². The molecule has 0 spiro atoms. The van der Waals surface area contributed by atoms with Gasteiger partial charge in [-0.05, 0) is 11.6 Å². The number of halogens is 1. The van der Waals surface area contributed by atoms with Crippen LogP contribution >= 0.6 is 11.6 Å². The molecule has 21 heavy (non-hydrogen) atoms. The molecule has 0 saturated carbocycles. The lowest BCUT2D eigenvalue weighted by atomic mass is 10.3. The minimum absolute atomic E-state index is 0.0614. The molecule has 0 bridgehead atoms. The van der Waals surface area contributed by atoms with Crippen LogP contribution in [0, 0.1) is 10.1 Å². The van der Waals surface area contributed by atoms with Gasteiger partial charge in [0.15, 0.2) is 5.03 Å². The second-order valence-electron chi connectivity index (χ2n) is 4.23. The molecule has 0 unspecified atom stereocenters. The van der Waals surface area contributed by atoms with Crippen LogP contribution in [-0.2, 0) is 16.1 Å². The van der Waals surface area contributed by atoms with E-state index in [1.807, 2.05) is 0 Å². The van der Waals surface area contributed by atoms with Gasteiger partial charge in [-0.15, -0.1) is 0 Å². The molecule has 0 N–H and O–H groups in total. The highest BCUT2D eigenvalue weighted by Crippen LogP contribution is 2.14. The SMILES string of the molecule is CC(=O)N1COCN(Cc2ccc(Cl)nc2)C1=N[N+](=O)[O-]. The number of hydrogen-bond donors (Lipinski definition) is 0. The minimum Gasteiger partial charge on any atom is -0.340 e. The molecule has 2 rings (SSSR count). The van der Waals surface area contributed by atoms with Gasteiger partial charge in [0.2, 0.25) is 5.91 Å². The summed E-state index contributed by atoms with van der Waals surface area (Å²) in [4.78, 5) is 28.7. The maximum absolute atomic E-state index is 11.5. The molecule has 1 amide bonds. The fourth-order valence-electron chi connectivity index (χ4n) is 1.79. The smallest absolute Gasteiger partial charge is 0.284 e. The van der Waals surface area contributed by atoms with E-state index in [4.69, 9.17) is 16.3 Å². The van der Waals surface area contributed by atoms with E-state index < -0.39 is 10.9 Å². The van der Waals surface area contributed by atoms with E-state index in [9.17, 15) is 14.9 Å². The first-order chi connectivity index (χ1) is 9.97. The zero-order chi connectivity index (χ0) is 15.4. The molecule has 10 heteroatoms. The first-order valence-corrected chi connectivity index (χ1v) is 6.29. The van der Waals surface area contributed by atoms with Gasteiger partial charge in [-0.25, -0.2) is 15.1 Å². The van der Waals surface area contributed by atoms with Crippen molar-refractivity contribution in [2.75, 3.05) is 13.5 Å². The molecular weight excluding hydrogens is 302 g/mol. The monoisotopic (exact) mass is 313 g/mol. The number of hydrazone groups is 1. The van der Waals surface area contributed by atoms with Crippen molar-refractivity contribution in [1.82, 2.24) is 14.8 Å². The molecule has 0 aromatic carbocycles. The van der Waals surface area contributed by atoms with Crippen LogP contribution in [0.15, 0.2) is 23.4 Å². The Labute approximate surface area is 124 Å². The Morgan fingerprint density at radius 2 is 2.33 bits per heavy atom. The summed E-state index contributed by atoms with van der Waals surface area (Å²) in [7, 11) is 0. The fourth-order valence-corrected chi connectivity index (χ4v) is 1.90. The second kappa shape index (κ2) is 6.46. The van der Waals surface area contributed by atoms with Gasteiger partial charge in [0.25, 0.3) is 5.96 Å². The normalized spacial score (nSPS) is 17.1. The average Bonchev–Trinajstić information content (AvgIpc) is 2.42. The van der Waals surface area contributed by atoms with Crippen LogP contribution in [0.25, 0.3) is 0 Å². The third-order valence-corrected chi connectivity index (χ3v) is 2.93. The Morgan fingerprint density at radius 3 is 2.90 bits per heavy atom. The number of pyridine rings is 1. The topological polar surface area (TPSA) is 101 Å². The van der Waals surface area contributed by atoms with E-state index >= 15 is 0 Å². The number of amides is 1. The van der Waals surface area contributed by atoms with Gasteiger partial charge < -0.3 is 9.64 Å². The van der Waals surface area contributed by atoms with Crippen molar-refractivity contribution < 1.29 is 14.6 Å². The number of nitro groups is 1. The van der Waals surface area contributed by atoms with E-state index in [-0.39, 0.29) is 26.0 Å². The summed E-state index contributed by atoms with van der Waals surface area (Å²) in [6.45, 7) is 1.54. The maximum atomic E-state index is 11.5. The zero-order valence-electron chi connectivity index (χ0n) is 11.1. The molecule has 1 fully saturated rings. The number of guanidine groups is 1. The lowest BCUT2D eigenvalue weighted by Crippen LogP contribution is -2.53. The van der Waals surface area contributed by atoms with Crippen LogP contribution in [0.5, 0.6) is 0 Å². The van der Waals surface area contributed by atoms with Crippen molar-refractivity contribution >= 4 is 23.5 Å². The van der Waals surface area contributed by atoms with Gasteiger partial charge >= 0.3 is 0 Å². The van der Waals surface area contributed by atoms with E-state index in [1.54, 1.807) is 18.3 Å². The number of hydrogen-bond acceptors (Lipinski definition) is 5. The van der Waals surface area contributed by atoms with E-state index in [2.05, 4.69) is 10.1 Å². The molecule has 1 saturated heterocycles. The number of carbonyl (C=O) groups excluding carboxylic acids is 1. The van der Waals surface area contributed by atoms with Crippen molar-refractivity contribution in [2.24, 2.45) is 5.10 Å². The van der Waals surface area contributed by atoms with Crippen molar-refractivity contribution in [3.63, 3.8) is 0 Å². The molecule has 0 radical (unpaired) electrons. The van der Waals surface area contributed by atoms with Gasteiger partial charge in [0.1, 0.15) is 23.7 Å². The molecule has 112 valence electrons. The van der Waals surface area contributed by atoms with Crippen molar-refractivity contribution in [3.8, 4) is 0 Å². The molecule has 1 aromatic rings. The summed E-state index contributed by atoms with van der Waals surface area (Å²) in [6, 6.07) is 3.33. The molecule has 0 aliphatic carbocycles. The molecule has 1 aliphatic heterocycles. The lowest BCUT2D eigenvalue weighted by Gasteiger charge is -2.35. The summed E-state index contributed by atoms with van der Waals surface area (Å²) in [5, 5.41) is 13.4. The van der Waals surface area contributed by atoms with Crippen LogP contribution in [0.3, 0.4) is 0 Å². The average molecular weight is 314 g/mol. The third kappa shape index (κ3) is 3.86. The standard InChI is InChI=1S/C11H12ClN5O4/c1-8(18)16-7-21-6-15(11(16)14-17(19)20)5-9-2-3-10(12)13-4-9/h2-4H,5-7H2,1H3. The summed E-state index contributed by atoms with van der Waals surface area (Å²) >= 11 is 5.70. The number of ether oxygens (including phenoxy) is 1. The Morgan fingerprint density at radius 1 is 1.57 bits per heavy atom. The van der Waals surface area contributed by atoms with E-state index in [1.165, 1.54) is 11.8 Å². The van der Waals surface area contributed by atoms with Crippen LogP contribution in [-0.4, -0.2) is 45.1 Å². The van der Waals surface area contributed by atoms with Crippen molar-refractivity contribution in [1.29, 1.82) is 0 Å². The van der Waals surface area contributed by atoms with Crippen LogP contribution in [0.2, 0.25) is 5.15 Å². The third-order valence-electron chi connectivity index (χ3n) is 2.71. The highest BCUT2D eigenvalue weighted by atomic mass is 35.5. The highest BCUT2D eigenvalue weighted by molar-refractivity contribution is 6.29. The number of aromatic nitrogens is 1. The summed E-state index contributed by atoms with van der Waals surface area (Å²) in [5.41, 5.74) is 0.754. The van der Waals surface area contributed by atoms with Crippen LogP contribution in [0.4, 0.5) is 0 Å². The van der Waals surface area contributed by atoms with Crippen molar-refractivity contribution in [3.05, 3.63) is 39.2 Å². The molecule has 0 atom stereocenters. The summed E-state index contributed by atoms with van der Waals surface area (Å²) in [6.07, 6.45) is 1.54. The molecule has 1 aromatic heterocycles. The second-order valence-corrected chi connectivity index (χ2v) is 4.62. The van der Waals surface area contributed by atoms with Gasteiger partial charge in [0, 0.05) is 19.7 Å². The van der Waals surface area contributed by atoms with Gasteiger partial charge in [-0.1, -0.05) is 17.7 Å². The quantitative estimate of drug-likeness (QED) is 0.466. The fraction of sp³-hybridized carbons (Fsp3) is 0.364. The molecule has 1 aliphatic rings. The number of carbonyl (C=O) groups is 1. The Kier molecular flexibility index (Phi) is 4.66. The largest absolute Gasteiger partial charge is 0.340 e. The first-order valence-electron chi connectivity index (χ1n) is 5.91. The van der Waals surface area contributed by atoms with Crippen molar-refractivity contribution in [2.45, 2.75) is 13.5 Å². The first kappa shape index (κ1) is 15.1. The number of nitrogens with zero attached hydrogens (tertiary/aromatic N) is 5. The van der Waals surface area contributed by atoms with Crippen LogP contribution in [0.1, 0.15) is 12.5 Å². The molecule has 9 nitrogen and oxygen atoms in total. The lowest BCUT2D eigenvalue weighted by molar-refractivity contribution is -0.486. The maximum Gasteiger partial charge on any atom is 0.284 e. The predicted octanol–water partition coefficient (Wildman–Crippen LogP) is 0.878. The van der Waals surface area contributed by atoms with E-state index in [0.29, 0.717) is 5.15 Å². The Balaban J connectivity index is 2.24. The number of rotatable bonds is 3. The van der Waals surface area contributed by atoms with E-state index in [0.717, 1.165) is 10.5 Å². The summed E-state index contributed by atoms with van der Waals surface area (Å²) in [5.74, 6) is -0.455. The Hall–Kier alpha value is -2.26. The van der Waals surface area contributed by atoms with Gasteiger partial charge in [-0.3, -0.25) is 9.69 Å². The molecular formula is C11H12ClN5O4. The predicted molar refractivity (Wildman–Crippen MR) is 72.6 cm³/mol. The molecule has 2 heterocycles. The summed E-state index contributed by atoms with van der Waals surface area (Å²) < 4.78 is 5.24.